The molecule has 0 aliphatic heterocycles. The summed E-state index contributed by atoms with van der Waals surface area (Å²) in [6.45, 7) is 7.45. The Morgan fingerprint density at radius 3 is 1.32 bits per heavy atom. The highest BCUT2D eigenvalue weighted by molar-refractivity contribution is 5.71. The Kier molecular flexibility index (Phi) is 7.87. The van der Waals surface area contributed by atoms with E-state index in [0.29, 0.717) is 13.1 Å². The number of H-pyrrole nitrogens is 2. The minimum atomic E-state index is 0.679. The number of rotatable bonds is 11. The third kappa shape index (κ3) is 5.98. The SMILES string of the molecule is CCN(C)NCc1ncc(-c2ccc(-c3ccc(-c4cnc(CNN(C)CC)[nH]4)cc3)cc2)[nH]1. The van der Waals surface area contributed by atoms with Crippen LogP contribution in [0.4, 0.5) is 0 Å². The van der Waals surface area contributed by atoms with Gasteiger partial charge in [-0.2, -0.15) is 0 Å². The van der Waals surface area contributed by atoms with E-state index in [4.69, 9.17) is 0 Å². The molecule has 0 saturated carbocycles. The smallest absolute Gasteiger partial charge is 0.121 e. The van der Waals surface area contributed by atoms with Crippen molar-refractivity contribution in [1.29, 1.82) is 0 Å². The fourth-order valence-corrected chi connectivity index (χ4v) is 3.53. The number of benzene rings is 2. The quantitative estimate of drug-likeness (QED) is 0.254. The predicted octanol–water partition coefficient (Wildman–Crippen LogP) is 4.05. The molecule has 2 heterocycles. The van der Waals surface area contributed by atoms with E-state index in [-0.39, 0.29) is 0 Å². The summed E-state index contributed by atoms with van der Waals surface area (Å²) in [4.78, 5) is 15.8. The van der Waals surface area contributed by atoms with Crippen LogP contribution in [0.15, 0.2) is 60.9 Å². The number of hydrogen-bond donors (Lipinski definition) is 4. The van der Waals surface area contributed by atoms with E-state index in [1.165, 1.54) is 11.1 Å². The Morgan fingerprint density at radius 2 is 0.971 bits per heavy atom. The number of imidazole rings is 2. The van der Waals surface area contributed by atoms with Gasteiger partial charge in [0.05, 0.1) is 36.9 Å². The zero-order valence-electron chi connectivity index (χ0n) is 20.4. The van der Waals surface area contributed by atoms with Crippen LogP contribution >= 0.6 is 0 Å². The zero-order valence-corrected chi connectivity index (χ0v) is 20.4. The molecule has 0 radical (unpaired) electrons. The lowest BCUT2D eigenvalue weighted by Gasteiger charge is -2.14. The lowest BCUT2D eigenvalue weighted by molar-refractivity contribution is 0.241. The third-order valence-corrected chi connectivity index (χ3v) is 5.96. The molecule has 4 N–H and O–H groups in total. The Labute approximate surface area is 201 Å². The van der Waals surface area contributed by atoms with Crippen molar-refractivity contribution in [3.8, 4) is 33.6 Å². The number of nitrogens with zero attached hydrogens (tertiary/aromatic N) is 4. The molecule has 0 fully saturated rings. The highest BCUT2D eigenvalue weighted by Crippen LogP contribution is 2.26. The van der Waals surface area contributed by atoms with Gasteiger partial charge in [0, 0.05) is 27.2 Å². The van der Waals surface area contributed by atoms with Crippen LogP contribution in [0.5, 0.6) is 0 Å². The summed E-state index contributed by atoms with van der Waals surface area (Å²) >= 11 is 0. The molecule has 0 atom stereocenters. The predicted molar refractivity (Wildman–Crippen MR) is 137 cm³/mol. The van der Waals surface area contributed by atoms with Crippen LogP contribution in [0.25, 0.3) is 33.6 Å². The molecule has 8 nitrogen and oxygen atoms in total. The first-order valence-electron chi connectivity index (χ1n) is 11.7. The molecule has 8 heteroatoms. The van der Waals surface area contributed by atoms with Crippen LogP contribution in [0.1, 0.15) is 25.5 Å². The summed E-state index contributed by atoms with van der Waals surface area (Å²) in [6.07, 6.45) is 3.78. The van der Waals surface area contributed by atoms with Crippen LogP contribution in [0, 0.1) is 0 Å². The van der Waals surface area contributed by atoms with Gasteiger partial charge in [0.15, 0.2) is 0 Å². The van der Waals surface area contributed by atoms with E-state index < -0.39 is 0 Å². The summed E-state index contributed by atoms with van der Waals surface area (Å²) in [5.41, 5.74) is 13.2. The normalized spacial score (nSPS) is 11.6. The summed E-state index contributed by atoms with van der Waals surface area (Å²) in [7, 11) is 4.04. The average molecular weight is 459 g/mol. The van der Waals surface area contributed by atoms with Crippen LogP contribution in [0.2, 0.25) is 0 Å². The average Bonchev–Trinajstić information content (AvgIpc) is 3.56. The second-order valence-electron chi connectivity index (χ2n) is 8.34. The number of aromatic nitrogens is 4. The highest BCUT2D eigenvalue weighted by Gasteiger charge is 2.07. The van der Waals surface area contributed by atoms with Crippen molar-refractivity contribution in [3.05, 3.63) is 72.6 Å². The van der Waals surface area contributed by atoms with Crippen LogP contribution in [0.3, 0.4) is 0 Å². The van der Waals surface area contributed by atoms with E-state index >= 15 is 0 Å². The second-order valence-corrected chi connectivity index (χ2v) is 8.34. The largest absolute Gasteiger partial charge is 0.341 e. The van der Waals surface area contributed by atoms with Gasteiger partial charge in [-0.15, -0.1) is 0 Å². The fraction of sp³-hybridized carbons (Fsp3) is 0.308. The number of aromatic amines is 2. The van der Waals surface area contributed by atoms with Crippen molar-refractivity contribution in [2.24, 2.45) is 0 Å². The minimum absolute atomic E-state index is 0.679. The van der Waals surface area contributed by atoms with E-state index in [1.54, 1.807) is 0 Å². The molecule has 0 aliphatic carbocycles. The summed E-state index contributed by atoms with van der Waals surface area (Å²) in [5, 5.41) is 4.08. The van der Waals surface area contributed by atoms with Crippen molar-refractivity contribution in [2.75, 3.05) is 27.2 Å². The molecule has 0 unspecified atom stereocenters. The van der Waals surface area contributed by atoms with E-state index in [2.05, 4.69) is 93.2 Å². The van der Waals surface area contributed by atoms with Gasteiger partial charge in [-0.1, -0.05) is 62.4 Å². The fourth-order valence-electron chi connectivity index (χ4n) is 3.53. The molecule has 0 spiro atoms. The van der Waals surface area contributed by atoms with Crippen molar-refractivity contribution in [2.45, 2.75) is 26.9 Å². The van der Waals surface area contributed by atoms with Gasteiger partial charge in [-0.25, -0.2) is 30.8 Å². The van der Waals surface area contributed by atoms with Gasteiger partial charge in [0.25, 0.3) is 0 Å². The maximum Gasteiger partial charge on any atom is 0.121 e. The summed E-state index contributed by atoms with van der Waals surface area (Å²) < 4.78 is 0. The minimum Gasteiger partial charge on any atom is -0.341 e. The van der Waals surface area contributed by atoms with Crippen LogP contribution in [-0.2, 0) is 13.1 Å². The van der Waals surface area contributed by atoms with Crippen molar-refractivity contribution >= 4 is 0 Å². The third-order valence-electron chi connectivity index (χ3n) is 5.96. The number of hydrogen-bond acceptors (Lipinski definition) is 6. The molecule has 0 aliphatic rings. The Bertz CT molecular complexity index is 1070. The lowest BCUT2D eigenvalue weighted by atomic mass is 10.0. The molecular weight excluding hydrogens is 424 g/mol. The van der Waals surface area contributed by atoms with E-state index in [0.717, 1.165) is 47.3 Å². The van der Waals surface area contributed by atoms with Gasteiger partial charge in [-0.3, -0.25) is 0 Å². The summed E-state index contributed by atoms with van der Waals surface area (Å²) in [5.74, 6) is 1.84. The molecule has 0 bridgehead atoms. The molecule has 4 aromatic rings. The summed E-state index contributed by atoms with van der Waals surface area (Å²) in [6, 6.07) is 17.1. The Hall–Kier alpha value is -3.30. The molecule has 4 rings (SSSR count). The number of nitrogens with one attached hydrogen (secondary N) is 4. The Balaban J connectivity index is 1.39. The lowest BCUT2D eigenvalue weighted by Crippen LogP contribution is -2.33. The monoisotopic (exact) mass is 458 g/mol. The maximum absolute atomic E-state index is 4.48. The van der Waals surface area contributed by atoms with Crippen molar-refractivity contribution < 1.29 is 0 Å². The zero-order chi connectivity index (χ0) is 23.9. The van der Waals surface area contributed by atoms with Crippen LogP contribution < -0.4 is 10.9 Å². The first-order chi connectivity index (χ1) is 16.6. The topological polar surface area (TPSA) is 87.9 Å². The van der Waals surface area contributed by atoms with Gasteiger partial charge in [0.2, 0.25) is 0 Å². The standard InChI is InChI=1S/C26H34N8/c1-5-33(3)29-17-25-27-15-23(31-25)21-11-7-19(8-12-21)20-9-13-22(14-10-20)24-16-28-26(32-24)18-30-34(4)6-2/h7-16,29-30H,5-6,17-18H2,1-4H3,(H,27,31)(H,28,32). The molecule has 2 aromatic heterocycles. The van der Waals surface area contributed by atoms with Crippen molar-refractivity contribution in [1.82, 2.24) is 40.8 Å². The van der Waals surface area contributed by atoms with Gasteiger partial charge >= 0.3 is 0 Å². The first-order valence-corrected chi connectivity index (χ1v) is 11.7. The second kappa shape index (κ2) is 11.2. The van der Waals surface area contributed by atoms with Crippen molar-refractivity contribution in [3.63, 3.8) is 0 Å². The molecule has 178 valence electrons. The van der Waals surface area contributed by atoms with Gasteiger partial charge in [-0.05, 0) is 22.3 Å². The van der Waals surface area contributed by atoms with E-state index in [9.17, 15) is 0 Å². The molecule has 34 heavy (non-hydrogen) atoms. The highest BCUT2D eigenvalue weighted by atomic mass is 15.5. The molecule has 2 aromatic carbocycles. The number of hydrazine groups is 2. The van der Waals surface area contributed by atoms with Gasteiger partial charge in [0.1, 0.15) is 11.6 Å². The van der Waals surface area contributed by atoms with Gasteiger partial charge < -0.3 is 9.97 Å². The maximum atomic E-state index is 4.48. The first kappa shape index (κ1) is 23.8. The Morgan fingerprint density at radius 1 is 0.618 bits per heavy atom. The molecule has 0 amide bonds. The van der Waals surface area contributed by atoms with E-state index in [1.807, 2.05) is 36.5 Å². The van der Waals surface area contributed by atoms with Crippen LogP contribution in [-0.4, -0.2) is 57.1 Å². The molecule has 0 saturated heterocycles. The molecular formula is C26H34N8.